The van der Waals surface area contributed by atoms with Gasteiger partial charge in [0, 0.05) is 23.2 Å². The van der Waals surface area contributed by atoms with Crippen LogP contribution in [0.4, 0.5) is 0 Å². The summed E-state index contributed by atoms with van der Waals surface area (Å²) in [7, 11) is 0. The molecule has 3 nitrogen and oxygen atoms in total. The molecule has 2 aromatic heterocycles. The lowest BCUT2D eigenvalue weighted by Crippen LogP contribution is -2.21. The second-order valence-electron chi connectivity index (χ2n) is 2.99. The largest absolute Gasteiger partial charge is 0.278 e. The van der Waals surface area contributed by atoms with E-state index in [4.69, 9.17) is 0 Å². The van der Waals surface area contributed by atoms with Gasteiger partial charge in [0.1, 0.15) is 0 Å². The zero-order valence-corrected chi connectivity index (χ0v) is 7.99. The number of aromatic nitrogens is 3. The molecule has 0 amide bonds. The maximum absolute atomic E-state index is 4.21. The van der Waals surface area contributed by atoms with Gasteiger partial charge in [-0.2, -0.15) is 5.10 Å². The summed E-state index contributed by atoms with van der Waals surface area (Å²) in [6.07, 6.45) is 5.51. The Balaban J connectivity index is 2.70. The summed E-state index contributed by atoms with van der Waals surface area (Å²) in [4.78, 5) is 3.97. The zero-order chi connectivity index (χ0) is 9.97. The Morgan fingerprint density at radius 2 is 2.07 bits per heavy atom. The van der Waals surface area contributed by atoms with Crippen molar-refractivity contribution in [2.75, 3.05) is 0 Å². The number of nitrogens with zero attached hydrogens (tertiary/aromatic N) is 2. The van der Waals surface area contributed by atoms with Crippen LogP contribution in [0.3, 0.4) is 0 Å². The maximum atomic E-state index is 4.21. The van der Waals surface area contributed by atoms with E-state index in [1.165, 1.54) is 0 Å². The van der Waals surface area contributed by atoms with Gasteiger partial charge in [-0.25, -0.2) is 0 Å². The van der Waals surface area contributed by atoms with E-state index >= 15 is 0 Å². The molecule has 1 N–H and O–H groups in total. The first-order valence-corrected chi connectivity index (χ1v) is 4.43. The number of rotatable bonds is 1. The summed E-state index contributed by atoms with van der Waals surface area (Å²) >= 11 is 0. The number of hydrogen-bond donors (Lipinski definition) is 1. The van der Waals surface area contributed by atoms with E-state index < -0.39 is 0 Å². The molecule has 0 aromatic carbocycles. The lowest BCUT2D eigenvalue weighted by molar-refractivity contribution is 1.07. The van der Waals surface area contributed by atoms with Crippen LogP contribution in [0.2, 0.25) is 0 Å². The lowest BCUT2D eigenvalue weighted by atomic mass is 10.1. The highest BCUT2D eigenvalue weighted by Gasteiger charge is 2.01. The first-order valence-electron chi connectivity index (χ1n) is 4.43. The SMILES string of the molecule is C=c1[nH]nc(-c2ccncc2)/c1=C/C. The molecule has 0 radical (unpaired) electrons. The van der Waals surface area contributed by atoms with E-state index in [0.717, 1.165) is 21.8 Å². The fraction of sp³-hybridized carbons (Fsp3) is 0.0909. The molecule has 0 aliphatic heterocycles. The van der Waals surface area contributed by atoms with Gasteiger partial charge in [0.25, 0.3) is 0 Å². The Morgan fingerprint density at radius 3 is 2.71 bits per heavy atom. The standard InChI is InChI=1S/C11H11N3/c1-3-10-8(2)13-14-11(10)9-4-6-12-7-5-9/h3-7,13H,2H2,1H3/b10-3+. The number of hydrogen-bond acceptors (Lipinski definition) is 2. The molecule has 3 heteroatoms. The minimum atomic E-state index is 0.847. The zero-order valence-electron chi connectivity index (χ0n) is 7.99. The molecule has 0 atom stereocenters. The highest BCUT2D eigenvalue weighted by atomic mass is 15.1. The first-order chi connectivity index (χ1) is 6.83. The quantitative estimate of drug-likeness (QED) is 0.710. The van der Waals surface area contributed by atoms with Gasteiger partial charge in [-0.05, 0) is 19.1 Å². The molecule has 14 heavy (non-hydrogen) atoms. The minimum absolute atomic E-state index is 0.847. The summed E-state index contributed by atoms with van der Waals surface area (Å²) in [6, 6.07) is 3.87. The fourth-order valence-electron chi connectivity index (χ4n) is 1.43. The molecule has 2 heterocycles. The Morgan fingerprint density at radius 1 is 1.36 bits per heavy atom. The van der Waals surface area contributed by atoms with E-state index in [9.17, 15) is 0 Å². The average Bonchev–Trinajstić information content (AvgIpc) is 2.61. The first kappa shape index (κ1) is 8.69. The van der Waals surface area contributed by atoms with Gasteiger partial charge in [0.15, 0.2) is 0 Å². The third-order valence-electron chi connectivity index (χ3n) is 2.13. The van der Waals surface area contributed by atoms with Gasteiger partial charge in [-0.1, -0.05) is 12.7 Å². The van der Waals surface area contributed by atoms with Crippen molar-refractivity contribution in [2.45, 2.75) is 6.92 Å². The Labute approximate surface area is 81.8 Å². The van der Waals surface area contributed by atoms with Crippen LogP contribution < -0.4 is 10.6 Å². The van der Waals surface area contributed by atoms with Gasteiger partial charge in [-0.15, -0.1) is 0 Å². The molecule has 2 rings (SSSR count). The number of pyridine rings is 1. The summed E-state index contributed by atoms with van der Waals surface area (Å²) in [6.45, 7) is 5.85. The van der Waals surface area contributed by atoms with E-state index in [1.807, 2.05) is 25.1 Å². The minimum Gasteiger partial charge on any atom is -0.278 e. The third kappa shape index (κ3) is 1.33. The monoisotopic (exact) mass is 185 g/mol. The molecular formula is C11H11N3. The summed E-state index contributed by atoms with van der Waals surface area (Å²) in [5.74, 6) is 0. The fourth-order valence-corrected chi connectivity index (χ4v) is 1.43. The highest BCUT2D eigenvalue weighted by Crippen LogP contribution is 2.08. The molecule has 70 valence electrons. The molecule has 0 spiro atoms. The lowest BCUT2D eigenvalue weighted by Gasteiger charge is -1.93. The van der Waals surface area contributed by atoms with Crippen molar-refractivity contribution in [3.63, 3.8) is 0 Å². The Bertz CT molecular complexity index is 525. The molecule has 0 aliphatic rings. The molecule has 0 saturated heterocycles. The van der Waals surface area contributed by atoms with Gasteiger partial charge >= 0.3 is 0 Å². The van der Waals surface area contributed by atoms with Crippen LogP contribution in [0.1, 0.15) is 6.92 Å². The van der Waals surface area contributed by atoms with Crippen LogP contribution in [-0.4, -0.2) is 15.2 Å². The van der Waals surface area contributed by atoms with Gasteiger partial charge in [0.2, 0.25) is 0 Å². The van der Waals surface area contributed by atoms with Crippen molar-refractivity contribution in [1.29, 1.82) is 0 Å². The Hall–Kier alpha value is -1.90. The van der Waals surface area contributed by atoms with Gasteiger partial charge in [-0.3, -0.25) is 10.1 Å². The van der Waals surface area contributed by atoms with Gasteiger partial charge in [0.05, 0.1) is 11.0 Å². The van der Waals surface area contributed by atoms with Crippen molar-refractivity contribution in [3.05, 3.63) is 35.1 Å². The number of nitrogens with one attached hydrogen (secondary N) is 1. The number of aromatic amines is 1. The van der Waals surface area contributed by atoms with Gasteiger partial charge < -0.3 is 0 Å². The van der Waals surface area contributed by atoms with Crippen molar-refractivity contribution in [1.82, 2.24) is 15.2 Å². The Kier molecular flexibility index (Phi) is 2.14. The van der Waals surface area contributed by atoms with E-state index in [1.54, 1.807) is 12.4 Å². The van der Waals surface area contributed by atoms with E-state index in [2.05, 4.69) is 21.8 Å². The smallest absolute Gasteiger partial charge is 0.0996 e. The predicted molar refractivity (Wildman–Crippen MR) is 56.7 cm³/mol. The van der Waals surface area contributed by atoms with Crippen LogP contribution >= 0.6 is 0 Å². The topological polar surface area (TPSA) is 41.6 Å². The molecule has 0 saturated carbocycles. The van der Waals surface area contributed by atoms with E-state index in [0.29, 0.717) is 0 Å². The van der Waals surface area contributed by atoms with Crippen molar-refractivity contribution >= 4 is 12.7 Å². The second kappa shape index (κ2) is 3.46. The van der Waals surface area contributed by atoms with Crippen LogP contribution in [0.5, 0.6) is 0 Å². The third-order valence-corrected chi connectivity index (χ3v) is 2.13. The van der Waals surface area contributed by atoms with Crippen LogP contribution in [-0.2, 0) is 0 Å². The highest BCUT2D eigenvalue weighted by molar-refractivity contribution is 5.59. The van der Waals surface area contributed by atoms with Crippen molar-refractivity contribution in [2.24, 2.45) is 0 Å². The molecular weight excluding hydrogens is 174 g/mol. The maximum Gasteiger partial charge on any atom is 0.0996 e. The normalized spacial score (nSPS) is 11.9. The molecule has 0 unspecified atom stereocenters. The summed E-state index contributed by atoms with van der Waals surface area (Å²) in [5.41, 5.74) is 1.99. The molecule has 2 aromatic rings. The van der Waals surface area contributed by atoms with Crippen molar-refractivity contribution in [3.8, 4) is 11.3 Å². The molecule has 0 bridgehead atoms. The van der Waals surface area contributed by atoms with Crippen LogP contribution in [0, 0.1) is 0 Å². The average molecular weight is 185 g/mol. The molecule has 0 aliphatic carbocycles. The number of H-pyrrole nitrogens is 1. The van der Waals surface area contributed by atoms with Crippen LogP contribution in [0.15, 0.2) is 24.5 Å². The summed E-state index contributed by atoms with van der Waals surface area (Å²) in [5, 5.41) is 8.98. The second-order valence-corrected chi connectivity index (χ2v) is 2.99. The predicted octanol–water partition coefficient (Wildman–Crippen LogP) is 0.682. The summed E-state index contributed by atoms with van der Waals surface area (Å²) < 4.78 is 0. The van der Waals surface area contributed by atoms with Crippen LogP contribution in [0.25, 0.3) is 23.9 Å². The molecule has 0 fully saturated rings. The van der Waals surface area contributed by atoms with Crippen molar-refractivity contribution < 1.29 is 0 Å². The van der Waals surface area contributed by atoms with E-state index in [-0.39, 0.29) is 0 Å².